The molecule has 2 atom stereocenters. The molecule has 1 aliphatic heterocycles. The largest absolute Gasteiger partial charge is 0.365 e. The van der Waals surface area contributed by atoms with Gasteiger partial charge in [-0.25, -0.2) is 15.0 Å². The molecule has 2 N–H and O–H groups in total. The van der Waals surface area contributed by atoms with Crippen molar-refractivity contribution in [1.82, 2.24) is 29.8 Å². The monoisotopic (exact) mass is 363 g/mol. The normalized spacial score (nSPS) is 19.6. The van der Waals surface area contributed by atoms with Gasteiger partial charge in [-0.05, 0) is 25.5 Å². The van der Waals surface area contributed by atoms with Crippen LogP contribution in [0.25, 0.3) is 11.4 Å². The molecule has 0 aliphatic carbocycles. The summed E-state index contributed by atoms with van der Waals surface area (Å²) in [6.07, 6.45) is 8.19. The molecule has 0 unspecified atom stereocenters. The number of aryl methyl sites for hydroxylation is 2. The van der Waals surface area contributed by atoms with E-state index in [1.165, 1.54) is 0 Å². The van der Waals surface area contributed by atoms with Crippen LogP contribution < -0.4 is 10.6 Å². The van der Waals surface area contributed by atoms with E-state index in [0.717, 1.165) is 22.8 Å². The number of carbonyl (C=O) groups is 1. The van der Waals surface area contributed by atoms with Crippen molar-refractivity contribution in [1.29, 1.82) is 0 Å². The van der Waals surface area contributed by atoms with Crippen molar-refractivity contribution >= 4 is 11.7 Å². The van der Waals surface area contributed by atoms with Gasteiger partial charge < -0.3 is 15.2 Å². The molecule has 4 rings (SSSR count). The molecule has 8 nitrogen and oxygen atoms in total. The number of rotatable bonds is 4. The highest BCUT2D eigenvalue weighted by atomic mass is 16.1. The Balaban J connectivity index is 1.63. The highest BCUT2D eigenvalue weighted by Gasteiger charge is 2.32. The van der Waals surface area contributed by atoms with Gasteiger partial charge >= 0.3 is 0 Å². The van der Waals surface area contributed by atoms with Gasteiger partial charge in [0.25, 0.3) is 0 Å². The first-order valence-corrected chi connectivity index (χ1v) is 8.88. The molecular formula is C19H21N7O. The Morgan fingerprint density at radius 2 is 2.15 bits per heavy atom. The first-order valence-electron chi connectivity index (χ1n) is 8.88. The fourth-order valence-corrected chi connectivity index (χ4v) is 3.36. The van der Waals surface area contributed by atoms with Crippen LogP contribution in [0.2, 0.25) is 0 Å². The van der Waals surface area contributed by atoms with Gasteiger partial charge in [0.2, 0.25) is 5.91 Å². The van der Waals surface area contributed by atoms with Gasteiger partial charge in [0.1, 0.15) is 5.82 Å². The summed E-state index contributed by atoms with van der Waals surface area (Å²) < 4.78 is 1.93. The molecule has 138 valence electrons. The van der Waals surface area contributed by atoms with Crippen molar-refractivity contribution in [2.45, 2.75) is 31.8 Å². The van der Waals surface area contributed by atoms with Crippen LogP contribution in [0.5, 0.6) is 0 Å². The molecule has 0 aromatic carbocycles. The van der Waals surface area contributed by atoms with Crippen molar-refractivity contribution in [3.63, 3.8) is 0 Å². The molecule has 0 bridgehead atoms. The number of pyridine rings is 1. The summed E-state index contributed by atoms with van der Waals surface area (Å²) in [4.78, 5) is 29.5. The van der Waals surface area contributed by atoms with Crippen molar-refractivity contribution in [2.75, 3.05) is 5.32 Å². The third-order valence-electron chi connectivity index (χ3n) is 4.68. The average Bonchev–Trinajstić information content (AvgIpc) is 3.09. The summed E-state index contributed by atoms with van der Waals surface area (Å²) in [5, 5.41) is 6.57. The number of piperidine rings is 1. The number of carbonyl (C=O) groups excluding carboxylic acids is 1. The van der Waals surface area contributed by atoms with Gasteiger partial charge in [-0.2, -0.15) is 0 Å². The minimum atomic E-state index is -0.170. The van der Waals surface area contributed by atoms with E-state index in [0.29, 0.717) is 18.7 Å². The van der Waals surface area contributed by atoms with Crippen molar-refractivity contribution in [2.24, 2.45) is 7.05 Å². The van der Waals surface area contributed by atoms with Crippen molar-refractivity contribution in [3.05, 3.63) is 54.5 Å². The number of hydrogen-bond donors (Lipinski definition) is 2. The number of aromatic nitrogens is 5. The summed E-state index contributed by atoms with van der Waals surface area (Å²) in [5.74, 6) is 1.41. The molecule has 27 heavy (non-hydrogen) atoms. The SMILES string of the molecule is Cc1cc(N[C@@H]2CCC(=O)N[C@H]2c2cncn2C)nc(-c2cccnc2)n1. The molecule has 3 aromatic rings. The molecule has 1 aliphatic rings. The Morgan fingerprint density at radius 3 is 2.89 bits per heavy atom. The van der Waals surface area contributed by atoms with Crippen LogP contribution in [0.4, 0.5) is 5.82 Å². The van der Waals surface area contributed by atoms with E-state index in [-0.39, 0.29) is 18.0 Å². The van der Waals surface area contributed by atoms with Crippen LogP contribution in [-0.4, -0.2) is 36.5 Å². The lowest BCUT2D eigenvalue weighted by atomic mass is 9.95. The van der Waals surface area contributed by atoms with E-state index in [4.69, 9.17) is 0 Å². The Bertz CT molecular complexity index is 954. The second-order valence-corrected chi connectivity index (χ2v) is 6.72. The summed E-state index contributed by atoms with van der Waals surface area (Å²) >= 11 is 0. The van der Waals surface area contributed by atoms with Gasteiger partial charge in [-0.15, -0.1) is 0 Å². The molecule has 0 spiro atoms. The Kier molecular flexibility index (Phi) is 4.53. The second-order valence-electron chi connectivity index (χ2n) is 6.72. The van der Waals surface area contributed by atoms with Crippen LogP contribution >= 0.6 is 0 Å². The Labute approximate surface area is 157 Å². The van der Waals surface area contributed by atoms with E-state index >= 15 is 0 Å². The minimum absolute atomic E-state index is 0.00847. The lowest BCUT2D eigenvalue weighted by Crippen LogP contribution is -2.45. The van der Waals surface area contributed by atoms with Crippen molar-refractivity contribution in [3.8, 4) is 11.4 Å². The van der Waals surface area contributed by atoms with Crippen LogP contribution in [0, 0.1) is 6.92 Å². The summed E-state index contributed by atoms with van der Waals surface area (Å²) in [7, 11) is 1.93. The minimum Gasteiger partial charge on any atom is -0.365 e. The second kappa shape index (κ2) is 7.14. The molecule has 1 amide bonds. The molecule has 8 heteroatoms. The summed E-state index contributed by atoms with van der Waals surface area (Å²) in [5.41, 5.74) is 2.69. The standard InChI is InChI=1S/C19H21N7O/c1-12-8-16(24-19(22-12)13-4-3-7-20-9-13)23-14-5-6-17(27)25-18(14)15-10-21-11-26(15)2/h3-4,7-11,14,18H,5-6H2,1-2H3,(H,25,27)(H,22,23,24)/t14-,18-/m1/s1. The van der Waals surface area contributed by atoms with E-state index in [2.05, 4.69) is 30.6 Å². The third-order valence-corrected chi connectivity index (χ3v) is 4.68. The highest BCUT2D eigenvalue weighted by Crippen LogP contribution is 2.27. The predicted molar refractivity (Wildman–Crippen MR) is 101 cm³/mol. The van der Waals surface area contributed by atoms with E-state index in [1.807, 2.05) is 36.7 Å². The molecule has 0 saturated carbocycles. The van der Waals surface area contributed by atoms with Gasteiger partial charge in [0, 0.05) is 43.2 Å². The Morgan fingerprint density at radius 1 is 1.26 bits per heavy atom. The van der Waals surface area contributed by atoms with E-state index in [1.54, 1.807) is 24.9 Å². The molecule has 4 heterocycles. The number of nitrogens with zero attached hydrogens (tertiary/aromatic N) is 5. The summed E-state index contributed by atoms with van der Waals surface area (Å²) in [6.45, 7) is 1.94. The van der Waals surface area contributed by atoms with Gasteiger partial charge in [-0.3, -0.25) is 9.78 Å². The number of imidazole rings is 1. The lowest BCUT2D eigenvalue weighted by Gasteiger charge is -2.33. The molecule has 3 aromatic heterocycles. The Hall–Kier alpha value is -3.29. The zero-order valence-electron chi connectivity index (χ0n) is 15.3. The van der Waals surface area contributed by atoms with E-state index < -0.39 is 0 Å². The van der Waals surface area contributed by atoms with Gasteiger partial charge in [-0.1, -0.05) is 0 Å². The number of amides is 1. The third kappa shape index (κ3) is 3.64. The fraction of sp³-hybridized carbons (Fsp3) is 0.316. The topological polar surface area (TPSA) is 97.6 Å². The van der Waals surface area contributed by atoms with E-state index in [9.17, 15) is 4.79 Å². The first-order chi connectivity index (χ1) is 13.1. The highest BCUT2D eigenvalue weighted by molar-refractivity contribution is 5.77. The fourth-order valence-electron chi connectivity index (χ4n) is 3.36. The first kappa shape index (κ1) is 17.1. The maximum absolute atomic E-state index is 12.0. The molecule has 1 saturated heterocycles. The maximum atomic E-state index is 12.0. The predicted octanol–water partition coefficient (Wildman–Crippen LogP) is 2.01. The zero-order chi connectivity index (χ0) is 18.8. The number of nitrogens with one attached hydrogen (secondary N) is 2. The lowest BCUT2D eigenvalue weighted by molar-refractivity contribution is -0.123. The summed E-state index contributed by atoms with van der Waals surface area (Å²) in [6, 6.07) is 5.55. The van der Waals surface area contributed by atoms with Crippen molar-refractivity contribution < 1.29 is 4.79 Å². The van der Waals surface area contributed by atoms with Gasteiger partial charge in [0.15, 0.2) is 5.82 Å². The maximum Gasteiger partial charge on any atom is 0.220 e. The van der Waals surface area contributed by atoms with Crippen LogP contribution in [-0.2, 0) is 11.8 Å². The number of hydrogen-bond acceptors (Lipinski definition) is 6. The van der Waals surface area contributed by atoms with Gasteiger partial charge in [0.05, 0.1) is 30.3 Å². The smallest absolute Gasteiger partial charge is 0.220 e. The molecule has 0 radical (unpaired) electrons. The zero-order valence-corrected chi connectivity index (χ0v) is 15.3. The quantitative estimate of drug-likeness (QED) is 0.736. The molecular weight excluding hydrogens is 342 g/mol. The molecule has 1 fully saturated rings. The average molecular weight is 363 g/mol. The van der Waals surface area contributed by atoms with Crippen LogP contribution in [0.1, 0.15) is 30.3 Å². The van der Waals surface area contributed by atoms with Crippen LogP contribution in [0.15, 0.2) is 43.1 Å². The number of anilines is 1. The van der Waals surface area contributed by atoms with Crippen LogP contribution in [0.3, 0.4) is 0 Å².